The van der Waals surface area contributed by atoms with Gasteiger partial charge in [0.15, 0.2) is 18.9 Å². The van der Waals surface area contributed by atoms with E-state index in [0.717, 1.165) is 0 Å². The minimum absolute atomic E-state index is 0.0481. The molecule has 18 atom stereocenters. The van der Waals surface area contributed by atoms with Crippen LogP contribution in [0.1, 0.15) is 25.7 Å². The van der Waals surface area contributed by atoms with Gasteiger partial charge in [-0.05, 0) is 38.8 Å². The Balaban J connectivity index is 1.32. The summed E-state index contributed by atoms with van der Waals surface area (Å²) in [7, 11) is -3.99. The largest absolute Gasteiger partial charge is 0.394 e. The lowest BCUT2D eigenvalue weighted by molar-refractivity contribution is -0.296. The second kappa shape index (κ2) is 19.4. The maximum Gasteiger partial charge on any atom is 0.213 e. The van der Waals surface area contributed by atoms with E-state index in [4.69, 9.17) is 57.1 Å². The maximum absolute atomic E-state index is 12.7. The van der Waals surface area contributed by atoms with Crippen LogP contribution in [0.5, 0.6) is 0 Å². The average molecular weight is 819 g/mol. The molecule has 1 aliphatic carbocycles. The second-order valence-electron chi connectivity index (χ2n) is 15.2. The molecule has 20 N–H and O–H groups in total. The number of hydrogen-bond acceptors (Lipinski definition) is 22. The molecule has 0 spiro atoms. The Hall–Kier alpha value is -0.890. The van der Waals surface area contributed by atoms with Crippen LogP contribution >= 0.6 is 0 Å². The molecular weight excluding hydrogens is 756 g/mol. The van der Waals surface area contributed by atoms with E-state index < -0.39 is 138 Å². The van der Waals surface area contributed by atoms with Crippen molar-refractivity contribution in [3.05, 3.63) is 0 Å². The monoisotopic (exact) mass is 818 g/mol. The van der Waals surface area contributed by atoms with Crippen molar-refractivity contribution in [3.63, 3.8) is 0 Å². The van der Waals surface area contributed by atoms with Crippen LogP contribution in [0.2, 0.25) is 0 Å². The lowest BCUT2D eigenvalue weighted by Crippen LogP contribution is -2.67. The van der Waals surface area contributed by atoms with Crippen LogP contribution in [-0.4, -0.2) is 212 Å². The van der Waals surface area contributed by atoms with E-state index in [1.54, 1.807) is 0 Å². The van der Waals surface area contributed by atoms with Crippen LogP contribution in [0.4, 0.5) is 0 Å². The van der Waals surface area contributed by atoms with Crippen LogP contribution in [0, 0.1) is 0 Å². The van der Waals surface area contributed by atoms with Crippen molar-refractivity contribution in [1.82, 2.24) is 15.4 Å². The van der Waals surface area contributed by atoms with E-state index >= 15 is 0 Å². The maximum atomic E-state index is 12.7. The summed E-state index contributed by atoms with van der Waals surface area (Å²) in [6.07, 6.45) is -18.0. The van der Waals surface area contributed by atoms with E-state index in [1.165, 1.54) is 0 Å². The molecule has 0 aromatic heterocycles. The average Bonchev–Trinajstić information content (AvgIpc) is 3.43. The number of sulfonamides is 1. The Labute approximate surface area is 319 Å². The molecule has 4 aliphatic heterocycles. The molecule has 24 heteroatoms. The third kappa shape index (κ3) is 10.8. The predicted octanol–water partition coefficient (Wildman–Crippen LogP) is -9.20. The first-order valence-corrected chi connectivity index (χ1v) is 20.4. The Kier molecular flexibility index (Phi) is 16.0. The Morgan fingerprint density at radius 3 is 2.05 bits per heavy atom. The normalized spacial score (nSPS) is 45.5. The number of rotatable bonds is 16. The van der Waals surface area contributed by atoms with E-state index in [9.17, 15) is 44.2 Å². The summed E-state index contributed by atoms with van der Waals surface area (Å²) in [4.78, 5) is 0. The molecule has 0 amide bonds. The second-order valence-corrected chi connectivity index (χ2v) is 17.1. The molecule has 1 saturated carbocycles. The van der Waals surface area contributed by atoms with Crippen molar-refractivity contribution in [2.75, 3.05) is 51.6 Å². The third-order valence-corrected chi connectivity index (χ3v) is 12.4. The minimum atomic E-state index is -3.99. The highest BCUT2D eigenvalue weighted by Gasteiger charge is 2.54. The number of hydrogen-bond donors (Lipinski definition) is 15. The lowest BCUT2D eigenvalue weighted by atomic mass is 9.84. The molecule has 55 heavy (non-hydrogen) atoms. The summed E-state index contributed by atoms with van der Waals surface area (Å²) < 4.78 is 63.7. The molecule has 0 bridgehead atoms. The third-order valence-electron chi connectivity index (χ3n) is 11.0. The van der Waals surface area contributed by atoms with Gasteiger partial charge in [-0.2, -0.15) is 0 Å². The van der Waals surface area contributed by atoms with Crippen molar-refractivity contribution in [2.24, 2.45) is 28.7 Å². The molecule has 5 aliphatic rings. The molecular formula is C31H62N8O15S. The van der Waals surface area contributed by atoms with Crippen molar-refractivity contribution in [1.29, 1.82) is 0 Å². The summed E-state index contributed by atoms with van der Waals surface area (Å²) in [5.41, 5.74) is 29.2. The predicted molar refractivity (Wildman–Crippen MR) is 190 cm³/mol. The van der Waals surface area contributed by atoms with Gasteiger partial charge in [-0.25, -0.2) is 13.1 Å². The molecule has 5 fully saturated rings. The van der Waals surface area contributed by atoms with Gasteiger partial charge in [-0.15, -0.1) is 0 Å². The van der Waals surface area contributed by atoms with Crippen LogP contribution < -0.4 is 44.0 Å². The first-order chi connectivity index (χ1) is 26.0. The Morgan fingerprint density at radius 1 is 0.764 bits per heavy atom. The molecule has 0 unspecified atom stereocenters. The summed E-state index contributed by atoms with van der Waals surface area (Å²) in [5.74, 6) is -0.447. The lowest BCUT2D eigenvalue weighted by Gasteiger charge is -2.47. The summed E-state index contributed by atoms with van der Waals surface area (Å²) in [6, 6.07) is -4.44. The highest BCUT2D eigenvalue weighted by atomic mass is 32.2. The van der Waals surface area contributed by atoms with Gasteiger partial charge in [0.1, 0.15) is 48.8 Å². The fourth-order valence-corrected chi connectivity index (χ4v) is 8.86. The number of ether oxygens (including phenoxy) is 6. The summed E-state index contributed by atoms with van der Waals surface area (Å²) in [6.45, 7) is 0.620. The molecule has 5 rings (SSSR count). The smallest absolute Gasteiger partial charge is 0.213 e. The zero-order valence-corrected chi connectivity index (χ0v) is 31.4. The first-order valence-electron chi connectivity index (χ1n) is 18.8. The number of aliphatic hydroxyl groups excluding tert-OH is 6. The fourth-order valence-electron chi connectivity index (χ4n) is 7.74. The highest BCUT2D eigenvalue weighted by Crippen LogP contribution is 2.35. The van der Waals surface area contributed by atoms with Gasteiger partial charge < -0.3 is 103 Å². The molecule has 322 valence electrons. The summed E-state index contributed by atoms with van der Waals surface area (Å²) in [5, 5.41) is 82.0. The molecule has 0 aromatic rings. The number of nitrogens with two attached hydrogens (primary N) is 5. The quantitative estimate of drug-likeness (QED) is 0.0687. The Bertz CT molecular complexity index is 1310. The van der Waals surface area contributed by atoms with Crippen molar-refractivity contribution in [2.45, 2.75) is 141 Å². The highest BCUT2D eigenvalue weighted by molar-refractivity contribution is 7.89. The Morgan fingerprint density at radius 2 is 1.40 bits per heavy atom. The van der Waals surface area contributed by atoms with Crippen molar-refractivity contribution >= 4 is 10.0 Å². The van der Waals surface area contributed by atoms with Crippen LogP contribution in [0.25, 0.3) is 0 Å². The van der Waals surface area contributed by atoms with Gasteiger partial charge in [0.25, 0.3) is 0 Å². The number of aliphatic hydroxyl groups is 7. The minimum Gasteiger partial charge on any atom is -0.394 e. The van der Waals surface area contributed by atoms with E-state index in [2.05, 4.69) is 15.4 Å². The van der Waals surface area contributed by atoms with Gasteiger partial charge in [0.05, 0.1) is 54.4 Å². The number of nitrogens with one attached hydrogen (secondary N) is 3. The standard InChI is InChI=1S/C31H62N8O15S/c32-3-6-55(47,48)39-15-7-13(34)25(52-28-14(35)8-16(41)18(50-28)10-38-12-31(46)1-4-37-5-2-31)27(21(15)42)54-30-24(45)26(19(11-40)51-30)53-29-20(36)23(44)22(43)17(9-33)49-29/h13-30,37-46H,1-12,32-36H2/t13-,14+,15+,16-,17-,18+,19+,20+,21-,22+,23+,24+,25+,26+,27+,28+,29+,30-/m0/s1. The van der Waals surface area contributed by atoms with Crippen molar-refractivity contribution in [3.8, 4) is 0 Å². The van der Waals surface area contributed by atoms with Gasteiger partial charge in [-0.3, -0.25) is 0 Å². The first kappa shape index (κ1) is 45.2. The topological polar surface area (TPSA) is 397 Å². The van der Waals surface area contributed by atoms with E-state index in [-0.39, 0.29) is 39.0 Å². The van der Waals surface area contributed by atoms with Gasteiger partial charge in [-0.1, -0.05) is 0 Å². The van der Waals surface area contributed by atoms with Crippen LogP contribution in [0.15, 0.2) is 0 Å². The van der Waals surface area contributed by atoms with Gasteiger partial charge >= 0.3 is 0 Å². The molecule has 23 nitrogen and oxygen atoms in total. The number of piperidine rings is 1. The van der Waals surface area contributed by atoms with E-state index in [0.29, 0.717) is 25.9 Å². The molecule has 0 radical (unpaired) electrons. The zero-order valence-electron chi connectivity index (χ0n) is 30.6. The van der Waals surface area contributed by atoms with Gasteiger partial charge in [0, 0.05) is 32.2 Å². The SMILES string of the molecule is NCCS(=O)(=O)N[C@@H]1C[C@H](N)[C@@H](O[C@H]2O[C@H](CNCC3(O)CCNCC3)[C@@H](O)C[C@H]2N)[C@H](O[C@@H]2O[C@H](CO)[C@@H](O[C@H]3O[C@@H](CN)[C@@H](O)[C@H](O)[C@H]3N)[C@H]2O)[C@H]1O. The van der Waals surface area contributed by atoms with E-state index in [1.807, 2.05) is 0 Å². The van der Waals surface area contributed by atoms with Crippen LogP contribution in [-0.2, 0) is 38.4 Å². The van der Waals surface area contributed by atoms with Gasteiger partial charge in [0.2, 0.25) is 10.0 Å². The zero-order chi connectivity index (χ0) is 40.2. The molecule has 4 saturated heterocycles. The fraction of sp³-hybridized carbons (Fsp3) is 1.00. The molecule has 4 heterocycles. The van der Waals surface area contributed by atoms with Crippen LogP contribution in [0.3, 0.4) is 0 Å². The molecule has 0 aromatic carbocycles. The summed E-state index contributed by atoms with van der Waals surface area (Å²) >= 11 is 0. The van der Waals surface area contributed by atoms with Crippen molar-refractivity contribution < 1.29 is 72.6 Å².